The van der Waals surface area contributed by atoms with Gasteiger partial charge in [0.2, 0.25) is 0 Å². The molecule has 2 heteroatoms. The van der Waals surface area contributed by atoms with Gasteiger partial charge in [-0.3, -0.25) is 0 Å². The summed E-state index contributed by atoms with van der Waals surface area (Å²) in [4.78, 5) is 0. The summed E-state index contributed by atoms with van der Waals surface area (Å²) in [5.74, 6) is 0. The maximum absolute atomic E-state index is 8.87. The maximum atomic E-state index is 8.87. The van der Waals surface area contributed by atoms with Crippen LogP contribution in [0.1, 0.15) is 33.6 Å². The summed E-state index contributed by atoms with van der Waals surface area (Å²) < 4.78 is 0. The summed E-state index contributed by atoms with van der Waals surface area (Å²) in [7, 11) is 0. The number of hydrogen-bond acceptors (Lipinski definition) is 2. The van der Waals surface area contributed by atoms with Crippen LogP contribution in [0.2, 0.25) is 0 Å². The third-order valence-corrected chi connectivity index (χ3v) is 1.70. The first-order chi connectivity index (χ1) is 4.48. The Bertz CT molecular complexity index is 89.3. The summed E-state index contributed by atoms with van der Waals surface area (Å²) in [5, 5.41) is 8.87. The summed E-state index contributed by atoms with van der Waals surface area (Å²) in [6.45, 7) is 6.35. The van der Waals surface area contributed by atoms with Gasteiger partial charge in [-0.15, -0.1) is 0 Å². The van der Waals surface area contributed by atoms with E-state index in [2.05, 4.69) is 13.8 Å². The Labute approximate surface area is 63.4 Å². The fourth-order valence-corrected chi connectivity index (χ4v) is 0.697. The van der Waals surface area contributed by atoms with E-state index in [1.807, 2.05) is 6.92 Å². The van der Waals surface area contributed by atoms with Crippen molar-refractivity contribution in [3.8, 4) is 0 Å². The number of nitrogens with two attached hydrogens (primary N) is 1. The van der Waals surface area contributed by atoms with Gasteiger partial charge in [0.25, 0.3) is 0 Å². The van der Waals surface area contributed by atoms with Crippen molar-refractivity contribution >= 4 is 0 Å². The molecular formula is C8H19NO. The normalized spacial score (nSPS) is 15.3. The van der Waals surface area contributed by atoms with Gasteiger partial charge >= 0.3 is 0 Å². The van der Waals surface area contributed by atoms with Crippen LogP contribution in [0.5, 0.6) is 0 Å². The average molecular weight is 145 g/mol. The maximum Gasteiger partial charge on any atom is 0.0482 e. The zero-order chi connectivity index (χ0) is 8.20. The van der Waals surface area contributed by atoms with Gasteiger partial charge in [-0.1, -0.05) is 13.8 Å². The number of hydrogen-bond donors (Lipinski definition) is 2. The molecule has 0 spiro atoms. The molecule has 0 saturated heterocycles. The molecule has 10 heavy (non-hydrogen) atoms. The minimum absolute atomic E-state index is 0.0492. The van der Waals surface area contributed by atoms with Crippen molar-refractivity contribution < 1.29 is 5.11 Å². The van der Waals surface area contributed by atoms with Gasteiger partial charge in [0, 0.05) is 12.6 Å². The Morgan fingerprint density at radius 3 is 2.30 bits per heavy atom. The van der Waals surface area contributed by atoms with Gasteiger partial charge in [-0.25, -0.2) is 0 Å². The van der Waals surface area contributed by atoms with Crippen molar-refractivity contribution in [1.29, 1.82) is 0 Å². The second-order valence-corrected chi connectivity index (χ2v) is 3.84. The molecule has 0 aromatic heterocycles. The fourth-order valence-electron chi connectivity index (χ4n) is 0.697. The first-order valence-electron chi connectivity index (χ1n) is 3.84. The van der Waals surface area contributed by atoms with Gasteiger partial charge in [0.05, 0.1) is 0 Å². The van der Waals surface area contributed by atoms with E-state index >= 15 is 0 Å². The lowest BCUT2D eigenvalue weighted by atomic mass is 9.88. The van der Waals surface area contributed by atoms with Crippen LogP contribution in [0.4, 0.5) is 0 Å². The van der Waals surface area contributed by atoms with Crippen LogP contribution >= 0.6 is 0 Å². The van der Waals surface area contributed by atoms with E-state index in [0.29, 0.717) is 0 Å². The molecule has 0 unspecified atom stereocenters. The molecular weight excluding hydrogens is 126 g/mol. The fraction of sp³-hybridized carbons (Fsp3) is 1.00. The van der Waals surface area contributed by atoms with Crippen molar-refractivity contribution in [2.75, 3.05) is 6.61 Å². The van der Waals surface area contributed by atoms with E-state index in [0.717, 1.165) is 12.8 Å². The summed E-state index contributed by atoms with van der Waals surface area (Å²) >= 11 is 0. The van der Waals surface area contributed by atoms with Crippen LogP contribution in [-0.4, -0.2) is 17.8 Å². The van der Waals surface area contributed by atoms with E-state index < -0.39 is 0 Å². The first-order valence-corrected chi connectivity index (χ1v) is 3.84. The molecule has 0 aliphatic carbocycles. The lowest BCUT2D eigenvalue weighted by molar-refractivity contribution is 0.146. The largest absolute Gasteiger partial charge is 0.396 e. The molecule has 3 N–H and O–H groups in total. The predicted octanol–water partition coefficient (Wildman–Crippen LogP) is 1.13. The Morgan fingerprint density at radius 2 is 2.00 bits per heavy atom. The summed E-state index contributed by atoms with van der Waals surface area (Å²) in [6.07, 6.45) is 1.99. The Balaban J connectivity index is 3.46. The van der Waals surface area contributed by atoms with Gasteiger partial charge in [-0.05, 0) is 25.2 Å². The monoisotopic (exact) mass is 145 g/mol. The predicted molar refractivity (Wildman–Crippen MR) is 43.8 cm³/mol. The smallest absolute Gasteiger partial charge is 0.0482 e. The molecule has 62 valence electrons. The molecule has 0 amide bonds. The SMILES string of the molecule is C[C@H](N)CCC(C)(C)CO. The van der Waals surface area contributed by atoms with Crippen LogP contribution in [0.15, 0.2) is 0 Å². The van der Waals surface area contributed by atoms with E-state index in [1.165, 1.54) is 0 Å². The van der Waals surface area contributed by atoms with Gasteiger partial charge < -0.3 is 10.8 Å². The highest BCUT2D eigenvalue weighted by molar-refractivity contribution is 4.68. The summed E-state index contributed by atoms with van der Waals surface area (Å²) in [6, 6.07) is 0.255. The minimum Gasteiger partial charge on any atom is -0.396 e. The standard InChI is InChI=1S/C8H19NO/c1-7(9)4-5-8(2,3)6-10/h7,10H,4-6,9H2,1-3H3/t7-/m0/s1. The highest BCUT2D eigenvalue weighted by Gasteiger charge is 2.16. The molecule has 0 heterocycles. The van der Waals surface area contributed by atoms with Crippen molar-refractivity contribution in [1.82, 2.24) is 0 Å². The van der Waals surface area contributed by atoms with Crippen molar-refractivity contribution in [2.45, 2.75) is 39.7 Å². The Morgan fingerprint density at radius 1 is 1.50 bits per heavy atom. The molecule has 0 fully saturated rings. The van der Waals surface area contributed by atoms with Crippen LogP contribution in [0.25, 0.3) is 0 Å². The first kappa shape index (κ1) is 9.92. The molecule has 0 rings (SSSR count). The van der Waals surface area contributed by atoms with Gasteiger partial charge in [0.15, 0.2) is 0 Å². The third-order valence-electron chi connectivity index (χ3n) is 1.70. The molecule has 0 saturated carbocycles. The van der Waals surface area contributed by atoms with E-state index in [-0.39, 0.29) is 18.1 Å². The molecule has 0 bridgehead atoms. The van der Waals surface area contributed by atoms with E-state index in [9.17, 15) is 0 Å². The molecule has 0 radical (unpaired) electrons. The van der Waals surface area contributed by atoms with Crippen LogP contribution in [-0.2, 0) is 0 Å². The zero-order valence-electron chi connectivity index (χ0n) is 7.22. The van der Waals surface area contributed by atoms with Crippen LogP contribution < -0.4 is 5.73 Å². The zero-order valence-corrected chi connectivity index (χ0v) is 7.22. The molecule has 0 aliphatic rings. The quantitative estimate of drug-likeness (QED) is 0.623. The second-order valence-electron chi connectivity index (χ2n) is 3.84. The van der Waals surface area contributed by atoms with E-state index in [4.69, 9.17) is 10.8 Å². The van der Waals surface area contributed by atoms with Crippen molar-refractivity contribution in [2.24, 2.45) is 11.1 Å². The van der Waals surface area contributed by atoms with Gasteiger partial charge in [-0.2, -0.15) is 0 Å². The molecule has 0 aromatic carbocycles. The van der Waals surface area contributed by atoms with E-state index in [1.54, 1.807) is 0 Å². The summed E-state index contributed by atoms with van der Waals surface area (Å²) in [5.41, 5.74) is 5.62. The highest BCUT2D eigenvalue weighted by atomic mass is 16.3. The molecule has 1 atom stereocenters. The molecule has 0 aliphatic heterocycles. The number of rotatable bonds is 4. The third kappa shape index (κ3) is 4.77. The van der Waals surface area contributed by atoms with Crippen LogP contribution in [0, 0.1) is 5.41 Å². The number of aliphatic hydroxyl groups is 1. The van der Waals surface area contributed by atoms with Crippen molar-refractivity contribution in [3.05, 3.63) is 0 Å². The Hall–Kier alpha value is -0.0800. The lowest BCUT2D eigenvalue weighted by Crippen LogP contribution is -2.22. The minimum atomic E-state index is 0.0492. The second kappa shape index (κ2) is 3.94. The lowest BCUT2D eigenvalue weighted by Gasteiger charge is -2.22. The Kier molecular flexibility index (Phi) is 3.91. The molecule has 2 nitrogen and oxygen atoms in total. The van der Waals surface area contributed by atoms with Crippen LogP contribution in [0.3, 0.4) is 0 Å². The number of aliphatic hydroxyl groups excluding tert-OH is 1. The molecule has 0 aromatic rings. The average Bonchev–Trinajstić information content (AvgIpc) is 1.85. The topological polar surface area (TPSA) is 46.2 Å². The highest BCUT2D eigenvalue weighted by Crippen LogP contribution is 2.21. The van der Waals surface area contributed by atoms with Gasteiger partial charge in [0.1, 0.15) is 0 Å². The van der Waals surface area contributed by atoms with Crippen molar-refractivity contribution in [3.63, 3.8) is 0 Å².